The third-order valence-corrected chi connectivity index (χ3v) is 6.24. The smallest absolute Gasteiger partial charge is 0.266 e. The molecule has 1 atom stereocenters. The predicted molar refractivity (Wildman–Crippen MR) is 109 cm³/mol. The molecule has 138 valence electrons. The minimum atomic E-state index is -0.0633. The average molecular weight is 398 g/mol. The lowest BCUT2D eigenvalue weighted by Gasteiger charge is -2.28. The van der Waals surface area contributed by atoms with E-state index in [0.717, 1.165) is 34.8 Å². The van der Waals surface area contributed by atoms with Gasteiger partial charge >= 0.3 is 0 Å². The molecule has 6 heteroatoms. The lowest BCUT2D eigenvalue weighted by molar-refractivity contribution is 0.0674. The standard InChI is InChI=1S/C21H20ClN3OS/c1-13-19(27-20(24-13)15-6-8-16(22)9-7-15)21(26)25(17-10-11-17)14(2)18-5-3-4-12-23-18/h3-9,12,14,17H,10-11H2,1-2H3. The third kappa shape index (κ3) is 3.75. The summed E-state index contributed by atoms with van der Waals surface area (Å²) >= 11 is 7.43. The first-order chi connectivity index (χ1) is 13.0. The predicted octanol–water partition coefficient (Wildman–Crippen LogP) is 5.53. The molecule has 2 heterocycles. The number of thiazole rings is 1. The van der Waals surface area contributed by atoms with E-state index in [0.29, 0.717) is 9.90 Å². The fourth-order valence-corrected chi connectivity index (χ4v) is 4.35. The van der Waals surface area contributed by atoms with Gasteiger partial charge < -0.3 is 4.90 Å². The summed E-state index contributed by atoms with van der Waals surface area (Å²) in [6, 6.07) is 13.6. The van der Waals surface area contributed by atoms with Gasteiger partial charge in [0.15, 0.2) is 0 Å². The number of benzene rings is 1. The molecular weight excluding hydrogens is 378 g/mol. The third-order valence-electron chi connectivity index (χ3n) is 4.79. The van der Waals surface area contributed by atoms with E-state index in [-0.39, 0.29) is 18.0 Å². The van der Waals surface area contributed by atoms with E-state index >= 15 is 0 Å². The van der Waals surface area contributed by atoms with E-state index < -0.39 is 0 Å². The Balaban J connectivity index is 1.65. The number of carbonyl (C=O) groups is 1. The summed E-state index contributed by atoms with van der Waals surface area (Å²) in [5.41, 5.74) is 2.66. The maximum Gasteiger partial charge on any atom is 0.266 e. The Kier molecular flexibility index (Phi) is 4.98. The summed E-state index contributed by atoms with van der Waals surface area (Å²) in [5.74, 6) is 0.0471. The van der Waals surface area contributed by atoms with Gasteiger partial charge in [-0.15, -0.1) is 11.3 Å². The van der Waals surface area contributed by atoms with Gasteiger partial charge in [0.2, 0.25) is 0 Å². The molecule has 0 radical (unpaired) electrons. The van der Waals surface area contributed by atoms with Gasteiger partial charge in [0, 0.05) is 22.8 Å². The van der Waals surface area contributed by atoms with Crippen LogP contribution in [0.3, 0.4) is 0 Å². The van der Waals surface area contributed by atoms with Gasteiger partial charge in [-0.05, 0) is 51.0 Å². The summed E-state index contributed by atoms with van der Waals surface area (Å²) in [5, 5.41) is 1.53. The highest BCUT2D eigenvalue weighted by Crippen LogP contribution is 2.37. The van der Waals surface area contributed by atoms with Crippen LogP contribution in [0, 0.1) is 6.92 Å². The van der Waals surface area contributed by atoms with Crippen LogP contribution < -0.4 is 0 Å². The van der Waals surface area contributed by atoms with Crippen LogP contribution in [0.25, 0.3) is 10.6 Å². The molecule has 1 unspecified atom stereocenters. The highest BCUT2D eigenvalue weighted by atomic mass is 35.5. The number of carbonyl (C=O) groups excluding carboxylic acids is 1. The molecule has 1 saturated carbocycles. The SMILES string of the molecule is Cc1nc(-c2ccc(Cl)cc2)sc1C(=O)N(C1CC1)C(C)c1ccccn1. The topological polar surface area (TPSA) is 46.1 Å². The Bertz CT molecular complexity index is 951. The highest BCUT2D eigenvalue weighted by molar-refractivity contribution is 7.17. The van der Waals surface area contributed by atoms with Crippen molar-refractivity contribution in [1.82, 2.24) is 14.9 Å². The Morgan fingerprint density at radius 1 is 1.22 bits per heavy atom. The van der Waals surface area contributed by atoms with Gasteiger partial charge in [0.25, 0.3) is 5.91 Å². The van der Waals surface area contributed by atoms with Crippen molar-refractivity contribution in [3.8, 4) is 10.6 Å². The average Bonchev–Trinajstić information content (AvgIpc) is 3.44. The number of pyridine rings is 1. The fourth-order valence-electron chi connectivity index (χ4n) is 3.20. The maximum atomic E-state index is 13.4. The van der Waals surface area contributed by atoms with Crippen LogP contribution in [-0.2, 0) is 0 Å². The minimum Gasteiger partial charge on any atom is -0.327 e. The lowest BCUT2D eigenvalue weighted by Crippen LogP contribution is -2.35. The summed E-state index contributed by atoms with van der Waals surface area (Å²) in [4.78, 5) is 25.2. The first-order valence-electron chi connectivity index (χ1n) is 9.01. The van der Waals surface area contributed by atoms with Crippen molar-refractivity contribution in [3.05, 3.63) is 69.9 Å². The number of rotatable bonds is 5. The molecule has 1 aliphatic carbocycles. The molecule has 0 spiro atoms. The van der Waals surface area contributed by atoms with Gasteiger partial charge in [-0.2, -0.15) is 0 Å². The molecular formula is C21H20ClN3OS. The molecule has 3 aromatic rings. The van der Waals surface area contributed by atoms with E-state index in [2.05, 4.69) is 16.9 Å². The van der Waals surface area contributed by atoms with Crippen molar-refractivity contribution in [2.75, 3.05) is 0 Å². The van der Waals surface area contributed by atoms with Crippen LogP contribution in [0.4, 0.5) is 0 Å². The highest BCUT2D eigenvalue weighted by Gasteiger charge is 2.38. The van der Waals surface area contributed by atoms with Crippen molar-refractivity contribution < 1.29 is 4.79 Å². The molecule has 1 amide bonds. The molecule has 1 fully saturated rings. The van der Waals surface area contributed by atoms with E-state index in [1.165, 1.54) is 11.3 Å². The molecule has 2 aromatic heterocycles. The summed E-state index contributed by atoms with van der Waals surface area (Å²) in [7, 11) is 0. The molecule has 0 N–H and O–H groups in total. The Labute approximate surface area is 167 Å². The Hall–Kier alpha value is -2.24. The van der Waals surface area contributed by atoms with Crippen LogP contribution in [0.15, 0.2) is 48.7 Å². The van der Waals surface area contributed by atoms with Crippen LogP contribution >= 0.6 is 22.9 Å². The number of amides is 1. The number of hydrogen-bond donors (Lipinski definition) is 0. The molecule has 0 aliphatic heterocycles. The number of halogens is 1. The monoisotopic (exact) mass is 397 g/mol. The molecule has 4 nitrogen and oxygen atoms in total. The van der Waals surface area contributed by atoms with Crippen molar-refractivity contribution in [2.45, 2.75) is 38.8 Å². The van der Waals surface area contributed by atoms with E-state index in [1.54, 1.807) is 6.20 Å². The molecule has 27 heavy (non-hydrogen) atoms. The first kappa shape index (κ1) is 18.1. The molecule has 0 saturated heterocycles. The number of nitrogens with zero attached hydrogens (tertiary/aromatic N) is 3. The summed E-state index contributed by atoms with van der Waals surface area (Å²) in [6.07, 6.45) is 3.87. The molecule has 1 aliphatic rings. The van der Waals surface area contributed by atoms with E-state index in [4.69, 9.17) is 11.6 Å². The van der Waals surface area contributed by atoms with Crippen molar-refractivity contribution in [3.63, 3.8) is 0 Å². The lowest BCUT2D eigenvalue weighted by atomic mass is 10.1. The van der Waals surface area contributed by atoms with Crippen LogP contribution in [0.1, 0.15) is 46.9 Å². The van der Waals surface area contributed by atoms with Crippen molar-refractivity contribution in [2.24, 2.45) is 0 Å². The van der Waals surface area contributed by atoms with Crippen molar-refractivity contribution >= 4 is 28.8 Å². The van der Waals surface area contributed by atoms with Gasteiger partial charge in [-0.1, -0.05) is 29.8 Å². The maximum absolute atomic E-state index is 13.4. The number of aromatic nitrogens is 2. The number of aryl methyl sites for hydroxylation is 1. The summed E-state index contributed by atoms with van der Waals surface area (Å²) in [6.45, 7) is 3.95. The first-order valence-corrected chi connectivity index (χ1v) is 10.2. The van der Waals surface area contributed by atoms with Crippen LogP contribution in [0.5, 0.6) is 0 Å². The summed E-state index contributed by atoms with van der Waals surface area (Å²) < 4.78 is 0. The quantitative estimate of drug-likeness (QED) is 0.568. The zero-order chi connectivity index (χ0) is 19.0. The van der Waals surface area contributed by atoms with Gasteiger partial charge in [0.05, 0.1) is 17.4 Å². The zero-order valence-electron chi connectivity index (χ0n) is 15.2. The largest absolute Gasteiger partial charge is 0.327 e. The van der Waals surface area contributed by atoms with E-state index in [9.17, 15) is 4.79 Å². The molecule has 4 rings (SSSR count). The van der Waals surface area contributed by atoms with Gasteiger partial charge in [-0.3, -0.25) is 9.78 Å². The van der Waals surface area contributed by atoms with Gasteiger partial charge in [0.1, 0.15) is 9.88 Å². The van der Waals surface area contributed by atoms with Crippen LogP contribution in [-0.4, -0.2) is 26.8 Å². The van der Waals surface area contributed by atoms with Crippen LogP contribution in [0.2, 0.25) is 5.02 Å². The Morgan fingerprint density at radius 2 is 1.96 bits per heavy atom. The van der Waals surface area contributed by atoms with Crippen molar-refractivity contribution in [1.29, 1.82) is 0 Å². The fraction of sp³-hybridized carbons (Fsp3) is 0.286. The normalized spacial score (nSPS) is 14.8. The second-order valence-electron chi connectivity index (χ2n) is 6.81. The minimum absolute atomic E-state index is 0.0471. The number of hydrogen-bond acceptors (Lipinski definition) is 4. The second-order valence-corrected chi connectivity index (χ2v) is 8.25. The van der Waals surface area contributed by atoms with Gasteiger partial charge in [-0.25, -0.2) is 4.98 Å². The molecule has 1 aromatic carbocycles. The van der Waals surface area contributed by atoms with E-state index in [1.807, 2.05) is 54.3 Å². The Morgan fingerprint density at radius 3 is 2.59 bits per heavy atom. The second kappa shape index (κ2) is 7.41. The zero-order valence-corrected chi connectivity index (χ0v) is 16.8. The molecule has 0 bridgehead atoms.